The Balaban J connectivity index is 1.46. The van der Waals surface area contributed by atoms with Crippen LogP contribution < -0.4 is 26.6 Å². The first-order valence-electron chi connectivity index (χ1n) is 26.5. The fourth-order valence-electron chi connectivity index (χ4n) is 9.48. The quantitative estimate of drug-likeness (QED) is 0.0615. The van der Waals surface area contributed by atoms with Gasteiger partial charge in [0, 0.05) is 38.2 Å². The second-order valence-electron chi connectivity index (χ2n) is 24.8. The number of aliphatic hydroxyl groups is 4. The number of nitro benzene ring substituents is 1. The SMILES string of the molecule is CN(C(=O)OC(C)(C)C)C1C(O)C(OC2C(NC(=O)C(O)CCNC(=O)OC(C)(C)C)CC(NC(=O)OC(C)(C)C)C(OC3O[C@H]4C(CNC(=O)OCc5ccc([N+](=O)[O-])cc5)C4CC3NC(=O)OC(C)(C)C)C2O)OCC1(C)O. The van der Waals surface area contributed by atoms with Crippen LogP contribution in [0, 0.1) is 22.0 Å². The number of benzene rings is 1. The van der Waals surface area contributed by atoms with Gasteiger partial charge in [-0.3, -0.25) is 14.9 Å². The van der Waals surface area contributed by atoms with Crippen molar-refractivity contribution in [2.24, 2.45) is 11.8 Å². The van der Waals surface area contributed by atoms with Crippen LogP contribution in [0.2, 0.25) is 0 Å². The van der Waals surface area contributed by atoms with Gasteiger partial charge in [0.25, 0.3) is 5.69 Å². The lowest BCUT2D eigenvalue weighted by Gasteiger charge is -2.50. The Labute approximate surface area is 465 Å². The van der Waals surface area contributed by atoms with E-state index in [0.29, 0.717) is 5.56 Å². The third-order valence-corrected chi connectivity index (χ3v) is 13.0. The van der Waals surface area contributed by atoms with Crippen molar-refractivity contribution in [2.75, 3.05) is 26.7 Å². The van der Waals surface area contributed by atoms with E-state index in [1.807, 2.05) is 0 Å². The Kier molecular flexibility index (Phi) is 21.0. The third-order valence-electron chi connectivity index (χ3n) is 13.0. The number of ether oxygens (including phenoxy) is 9. The highest BCUT2D eigenvalue weighted by atomic mass is 16.7. The first kappa shape index (κ1) is 64.9. The molecule has 452 valence electrons. The molecule has 2 saturated carbocycles. The van der Waals surface area contributed by atoms with E-state index in [9.17, 15) is 59.3 Å². The summed E-state index contributed by atoms with van der Waals surface area (Å²) in [4.78, 5) is 91.1. The van der Waals surface area contributed by atoms with Gasteiger partial charge in [-0.15, -0.1) is 0 Å². The van der Waals surface area contributed by atoms with E-state index in [4.69, 9.17) is 42.6 Å². The normalized spacial score (nSPS) is 29.9. The van der Waals surface area contributed by atoms with Gasteiger partial charge >= 0.3 is 30.5 Å². The molecule has 2 saturated heterocycles. The van der Waals surface area contributed by atoms with Crippen LogP contribution in [0.15, 0.2) is 24.3 Å². The molecule has 4 aliphatic rings. The van der Waals surface area contributed by atoms with Crippen LogP contribution in [0.25, 0.3) is 0 Å². The topological polar surface area (TPSA) is 373 Å². The van der Waals surface area contributed by atoms with Gasteiger partial charge in [0.1, 0.15) is 65.1 Å². The number of non-ortho nitro benzene ring substituents is 1. The van der Waals surface area contributed by atoms with Gasteiger partial charge in [0.15, 0.2) is 12.6 Å². The molecule has 28 heteroatoms. The summed E-state index contributed by atoms with van der Waals surface area (Å²) in [6.07, 6.45) is -17.5. The molecule has 6 amide bonds. The average Bonchev–Trinajstić information content (AvgIpc) is 3.98. The molecule has 0 bridgehead atoms. The highest BCUT2D eigenvalue weighted by Crippen LogP contribution is 2.50. The van der Waals surface area contributed by atoms with Crippen LogP contribution in [0.3, 0.4) is 0 Å². The molecule has 1 aromatic carbocycles. The molecule has 1 aromatic rings. The summed E-state index contributed by atoms with van der Waals surface area (Å²) >= 11 is 0. The number of aliphatic hydroxyl groups excluding tert-OH is 3. The number of rotatable bonds is 17. The zero-order valence-corrected chi connectivity index (χ0v) is 48.0. The summed E-state index contributed by atoms with van der Waals surface area (Å²) in [6, 6.07) is 0.293. The molecule has 0 aromatic heterocycles. The Morgan fingerprint density at radius 3 is 1.81 bits per heavy atom. The van der Waals surface area contributed by atoms with Gasteiger partial charge in [0.2, 0.25) is 5.91 Å². The van der Waals surface area contributed by atoms with Crippen LogP contribution in [-0.4, -0.2) is 195 Å². The molecule has 4 fully saturated rings. The van der Waals surface area contributed by atoms with E-state index in [2.05, 4.69) is 26.6 Å². The fourth-order valence-corrected chi connectivity index (χ4v) is 9.48. The van der Waals surface area contributed by atoms with E-state index in [0.717, 1.165) is 4.90 Å². The monoisotopic (exact) mass is 1140 g/mol. The summed E-state index contributed by atoms with van der Waals surface area (Å²) in [7, 11) is 1.29. The summed E-state index contributed by atoms with van der Waals surface area (Å²) in [5.41, 5.74) is -5.34. The van der Waals surface area contributed by atoms with Crippen molar-refractivity contribution >= 4 is 42.1 Å². The number of amides is 6. The second kappa shape index (κ2) is 25.9. The first-order valence-corrected chi connectivity index (χ1v) is 26.5. The van der Waals surface area contributed by atoms with Gasteiger partial charge < -0.3 is 94.5 Å². The van der Waals surface area contributed by atoms with E-state index < -0.39 is 149 Å². The van der Waals surface area contributed by atoms with Crippen LogP contribution in [0.1, 0.15) is 115 Å². The number of hydrogen-bond acceptors (Lipinski definition) is 21. The average molecular weight is 1140 g/mol. The van der Waals surface area contributed by atoms with E-state index >= 15 is 0 Å². The van der Waals surface area contributed by atoms with Crippen molar-refractivity contribution in [3.05, 3.63) is 39.9 Å². The summed E-state index contributed by atoms with van der Waals surface area (Å²) in [6.45, 7) is 20.1. The molecule has 2 heterocycles. The summed E-state index contributed by atoms with van der Waals surface area (Å²) in [5, 5.41) is 71.7. The lowest BCUT2D eigenvalue weighted by atomic mass is 9.82. The lowest BCUT2D eigenvalue weighted by molar-refractivity contribution is -0.384. The highest BCUT2D eigenvalue weighted by molar-refractivity contribution is 5.81. The maximum atomic E-state index is 13.9. The second-order valence-corrected chi connectivity index (χ2v) is 24.8. The Hall–Kier alpha value is -5.88. The number of likely N-dealkylation sites (N-methyl/N-ethyl adjacent to an activating group) is 1. The van der Waals surface area contributed by atoms with E-state index in [-0.39, 0.29) is 56.5 Å². The van der Waals surface area contributed by atoms with Gasteiger partial charge in [-0.1, -0.05) is 0 Å². The van der Waals surface area contributed by atoms with Crippen molar-refractivity contribution in [1.82, 2.24) is 31.5 Å². The minimum Gasteiger partial charge on any atom is -0.445 e. The predicted molar refractivity (Wildman–Crippen MR) is 279 cm³/mol. The fraction of sp³-hybridized carbons (Fsp3) is 0.769. The van der Waals surface area contributed by atoms with Crippen molar-refractivity contribution in [3.63, 3.8) is 0 Å². The first-order chi connectivity index (χ1) is 36.8. The van der Waals surface area contributed by atoms with Crippen molar-refractivity contribution < 1.29 is 96.7 Å². The molecule has 0 radical (unpaired) electrons. The largest absolute Gasteiger partial charge is 0.445 e. The number of nitrogens with zero attached hydrogens (tertiary/aromatic N) is 2. The summed E-state index contributed by atoms with van der Waals surface area (Å²) in [5.74, 6) is -1.65. The standard InChI is InChI=1S/C52H83N7O21/c1-48(2,3)77-44(65)53-20-19-33(60)40(63)55-30-22-31(56-45(66)78-49(4,5)6)38(34(61)37(30)76-42-35(62)39(52(13,69)25-73-42)58(14)47(68)80-51(10,11)12)75-41-32(57-46(67)79-50(7,8)9)21-28-29(36(28)74-41)23-54-43(64)72-24-26-15-17-27(18-16-26)59(70)71/h15-18,28-39,41-42,60-62,69H,19-25H2,1-14H3,(H,53,65)(H,54,64)(H,55,63)(H,56,66)(H,57,67)/t28?,29?,30?,31?,32?,33?,34?,35?,36-,37?,38?,39?,41?,42?,52?/m1/s1. The molecule has 2 aliphatic heterocycles. The van der Waals surface area contributed by atoms with Crippen LogP contribution in [0.5, 0.6) is 0 Å². The number of alkyl carbamates (subject to hydrolysis) is 4. The molecular weight excluding hydrogens is 1060 g/mol. The summed E-state index contributed by atoms with van der Waals surface area (Å²) < 4.78 is 52.8. The molecule has 0 spiro atoms. The molecule has 15 atom stereocenters. The van der Waals surface area contributed by atoms with Crippen molar-refractivity contribution in [1.29, 1.82) is 0 Å². The predicted octanol–water partition coefficient (Wildman–Crippen LogP) is 2.97. The molecule has 9 N–H and O–H groups in total. The van der Waals surface area contributed by atoms with E-state index in [1.165, 1.54) is 38.2 Å². The number of fused-ring (bicyclic) bond motifs is 1. The minimum atomic E-state index is -1.95. The van der Waals surface area contributed by atoms with Gasteiger partial charge in [-0.05, 0) is 133 Å². The highest BCUT2D eigenvalue weighted by Gasteiger charge is 2.60. The minimum absolute atomic E-state index is 0.0378. The zero-order chi connectivity index (χ0) is 60.0. The molecule has 14 unspecified atom stereocenters. The van der Waals surface area contributed by atoms with Crippen LogP contribution in [0.4, 0.5) is 29.7 Å². The Morgan fingerprint density at radius 1 is 0.738 bits per heavy atom. The van der Waals surface area contributed by atoms with E-state index in [1.54, 1.807) is 83.1 Å². The molecule has 2 aliphatic carbocycles. The van der Waals surface area contributed by atoms with Crippen LogP contribution in [-0.2, 0) is 54.0 Å². The molecule has 28 nitrogen and oxygen atoms in total. The number of nitro groups is 1. The number of nitrogens with one attached hydrogen (secondary N) is 5. The van der Waals surface area contributed by atoms with Gasteiger partial charge in [-0.2, -0.15) is 0 Å². The van der Waals surface area contributed by atoms with Gasteiger partial charge in [0.05, 0.1) is 41.8 Å². The third kappa shape index (κ3) is 19.1. The van der Waals surface area contributed by atoms with Crippen LogP contribution >= 0.6 is 0 Å². The zero-order valence-electron chi connectivity index (χ0n) is 48.0. The maximum Gasteiger partial charge on any atom is 0.410 e. The number of carbonyl (C=O) groups excluding carboxylic acids is 6. The Morgan fingerprint density at radius 2 is 1.26 bits per heavy atom. The smallest absolute Gasteiger partial charge is 0.410 e. The number of carbonyl (C=O) groups is 6. The molecule has 80 heavy (non-hydrogen) atoms. The Bertz CT molecular complexity index is 2330. The van der Waals surface area contributed by atoms with Crippen molar-refractivity contribution in [3.8, 4) is 0 Å². The molecular formula is C52H83N7O21. The number of hydrogen-bond donors (Lipinski definition) is 9. The van der Waals surface area contributed by atoms with Gasteiger partial charge in [-0.25, -0.2) is 24.0 Å². The lowest BCUT2D eigenvalue weighted by Crippen LogP contribution is -2.71. The molecule has 5 rings (SSSR count). The van der Waals surface area contributed by atoms with Crippen molar-refractivity contribution in [2.45, 2.75) is 217 Å². The maximum absolute atomic E-state index is 13.9.